The van der Waals surface area contributed by atoms with E-state index in [1.54, 1.807) is 32.0 Å². The molecule has 210 valence electrons. The van der Waals surface area contributed by atoms with Gasteiger partial charge in [-0.05, 0) is 113 Å². The van der Waals surface area contributed by atoms with Crippen LogP contribution in [-0.4, -0.2) is 35.3 Å². The van der Waals surface area contributed by atoms with E-state index in [0.717, 1.165) is 23.1 Å². The fourth-order valence-corrected chi connectivity index (χ4v) is 5.44. The van der Waals surface area contributed by atoms with E-state index in [9.17, 15) is 9.90 Å². The van der Waals surface area contributed by atoms with Crippen LogP contribution >= 0.6 is 11.6 Å². The summed E-state index contributed by atoms with van der Waals surface area (Å²) in [7, 11) is 0. The van der Waals surface area contributed by atoms with E-state index in [2.05, 4.69) is 18.3 Å². The van der Waals surface area contributed by atoms with Gasteiger partial charge in [-0.15, -0.1) is 0 Å². The van der Waals surface area contributed by atoms with Gasteiger partial charge < -0.3 is 19.9 Å². The van der Waals surface area contributed by atoms with Crippen LogP contribution in [0.3, 0.4) is 0 Å². The largest absolute Gasteiger partial charge is 0.478 e. The minimum absolute atomic E-state index is 0.117. The minimum atomic E-state index is -2.17. The first-order valence-corrected chi connectivity index (χ1v) is 14.0. The highest BCUT2D eigenvalue weighted by Gasteiger charge is 2.40. The molecule has 0 heterocycles. The average Bonchev–Trinajstić information content (AvgIpc) is 2.85. The van der Waals surface area contributed by atoms with E-state index in [1.165, 1.54) is 12.5 Å². The van der Waals surface area contributed by atoms with E-state index in [1.807, 2.05) is 41.5 Å². The molecule has 38 heavy (non-hydrogen) atoms. The molecule has 0 fully saturated rings. The van der Waals surface area contributed by atoms with E-state index in [-0.39, 0.29) is 17.9 Å². The van der Waals surface area contributed by atoms with Crippen molar-refractivity contribution in [2.75, 3.05) is 6.50 Å². The number of carbonyl (C=O) groups is 1. The Morgan fingerprint density at radius 1 is 1.26 bits per heavy atom. The maximum atomic E-state index is 12.7. The fraction of sp³-hybridized carbons (Fsp3) is 0.594. The Balaban J connectivity index is 1.93. The lowest BCUT2D eigenvalue weighted by molar-refractivity contribution is -0.157. The van der Waals surface area contributed by atoms with Crippen LogP contribution in [0.5, 0.6) is 5.75 Å². The molecule has 0 bridgehead atoms. The molecule has 3 rings (SSSR count). The summed E-state index contributed by atoms with van der Waals surface area (Å²) in [5.41, 5.74) is 2.72. The number of rotatable bonds is 9. The molecule has 0 aliphatic heterocycles. The van der Waals surface area contributed by atoms with Crippen LogP contribution in [0.15, 0.2) is 24.3 Å². The van der Waals surface area contributed by atoms with E-state index in [0.29, 0.717) is 28.3 Å². The molecule has 2 aromatic rings. The molecule has 0 radical (unpaired) electrons. The van der Waals surface area contributed by atoms with Crippen LogP contribution in [0.1, 0.15) is 96.9 Å². The highest BCUT2D eigenvalue weighted by atomic mass is 35.5. The Morgan fingerprint density at radius 2 is 1.92 bits per heavy atom. The predicted octanol–water partition coefficient (Wildman–Crippen LogP) is 6.93. The standard InChI is InChI=1S/C32H46ClNO4/c1-18(2)23(7)38-30(35)24(8)37-29-19(3)16-25-14-15-31(9,22(6)28(25)21(29)5)34-17-32(10,36)26-12-11-13-27(33)20(26)4/h11-13,16,18,22-24,34,36H,14-15,17H2,1-10H3/t22?,23?,24?,31-,32-/m0/s1/i17D2. The quantitative estimate of drug-likeness (QED) is 0.334. The molecular weight excluding hydrogens is 498 g/mol. The molecule has 5 nitrogen and oxygen atoms in total. The summed E-state index contributed by atoms with van der Waals surface area (Å²) in [5.74, 6) is 0.345. The number of halogens is 1. The first-order valence-electron chi connectivity index (χ1n) is 14.6. The van der Waals surface area contributed by atoms with Crippen molar-refractivity contribution in [3.63, 3.8) is 0 Å². The van der Waals surface area contributed by atoms with Crippen molar-refractivity contribution in [1.82, 2.24) is 5.32 Å². The van der Waals surface area contributed by atoms with Gasteiger partial charge in [-0.25, -0.2) is 4.79 Å². The molecular formula is C32H46ClNO4. The van der Waals surface area contributed by atoms with Gasteiger partial charge in [-0.2, -0.15) is 0 Å². The van der Waals surface area contributed by atoms with E-state index >= 15 is 0 Å². The zero-order chi connectivity index (χ0) is 30.4. The maximum Gasteiger partial charge on any atom is 0.347 e. The summed E-state index contributed by atoms with van der Waals surface area (Å²) in [6, 6.07) is 7.29. The third-order valence-corrected chi connectivity index (χ3v) is 8.80. The SMILES string of the molecule is [2H]C([2H])(N[C@@]1(C)CCc2cc(C)c(OC(C)C(=O)OC(C)C(C)C)c(C)c2C1C)[C@](C)(O)c1cccc(Cl)c1C. The molecule has 3 unspecified atom stereocenters. The Bertz CT molecular complexity index is 1260. The van der Waals surface area contributed by atoms with Gasteiger partial charge in [-0.3, -0.25) is 0 Å². The van der Waals surface area contributed by atoms with Crippen molar-refractivity contribution in [2.24, 2.45) is 5.92 Å². The number of nitrogens with one attached hydrogen (secondary N) is 1. The fourth-order valence-electron chi connectivity index (χ4n) is 5.26. The number of carbonyl (C=O) groups excluding carboxylic acids is 1. The number of benzene rings is 2. The molecule has 0 amide bonds. The third-order valence-electron chi connectivity index (χ3n) is 8.39. The number of hydrogen-bond acceptors (Lipinski definition) is 5. The Kier molecular flexibility index (Phi) is 8.37. The lowest BCUT2D eigenvalue weighted by atomic mass is 9.69. The maximum absolute atomic E-state index is 12.7. The van der Waals surface area contributed by atoms with Crippen LogP contribution in [0, 0.1) is 26.7 Å². The third kappa shape index (κ3) is 6.21. The summed E-state index contributed by atoms with van der Waals surface area (Å²) < 4.78 is 29.8. The monoisotopic (exact) mass is 545 g/mol. The van der Waals surface area contributed by atoms with Gasteiger partial charge in [0.15, 0.2) is 6.10 Å². The molecule has 1 aliphatic carbocycles. The highest BCUT2D eigenvalue weighted by Crippen LogP contribution is 2.44. The summed E-state index contributed by atoms with van der Waals surface area (Å²) in [4.78, 5) is 12.7. The van der Waals surface area contributed by atoms with E-state index in [4.69, 9.17) is 23.8 Å². The molecule has 6 heteroatoms. The second kappa shape index (κ2) is 11.6. The first-order chi connectivity index (χ1) is 18.3. The number of ether oxygens (including phenoxy) is 2. The number of hydrogen-bond donors (Lipinski definition) is 2. The van der Waals surface area contributed by atoms with Crippen molar-refractivity contribution in [3.8, 4) is 5.75 Å². The van der Waals surface area contributed by atoms with Gasteiger partial charge in [-0.1, -0.05) is 50.6 Å². The Morgan fingerprint density at radius 3 is 2.55 bits per heavy atom. The normalized spacial score (nSPS) is 23.6. The van der Waals surface area contributed by atoms with Crippen molar-refractivity contribution >= 4 is 17.6 Å². The number of aliphatic hydroxyl groups is 1. The summed E-state index contributed by atoms with van der Waals surface area (Å²) >= 11 is 6.31. The smallest absolute Gasteiger partial charge is 0.347 e. The molecule has 0 spiro atoms. The highest BCUT2D eigenvalue weighted by molar-refractivity contribution is 6.31. The number of β-amino-alcohol motifs (C(OH)–C–C–N with tert-alkyl or cyclic N) is 1. The van der Waals surface area contributed by atoms with Crippen LogP contribution < -0.4 is 10.1 Å². The second-order valence-electron chi connectivity index (χ2n) is 11.7. The van der Waals surface area contributed by atoms with Crippen LogP contribution in [-0.2, 0) is 21.6 Å². The van der Waals surface area contributed by atoms with Crippen molar-refractivity contribution < 1.29 is 22.1 Å². The lowest BCUT2D eigenvalue weighted by Gasteiger charge is -2.44. The average molecular weight is 546 g/mol. The summed E-state index contributed by atoms with van der Waals surface area (Å²) in [6.45, 7) is 16.8. The van der Waals surface area contributed by atoms with Crippen LogP contribution in [0.4, 0.5) is 0 Å². The van der Waals surface area contributed by atoms with Crippen LogP contribution in [0.2, 0.25) is 5.02 Å². The van der Waals surface area contributed by atoms with Gasteiger partial charge >= 0.3 is 5.97 Å². The molecule has 0 saturated carbocycles. The van der Waals surface area contributed by atoms with Crippen LogP contribution in [0.25, 0.3) is 0 Å². The number of fused-ring (bicyclic) bond motifs is 1. The first kappa shape index (κ1) is 27.5. The molecule has 0 aromatic heterocycles. The predicted molar refractivity (Wildman–Crippen MR) is 155 cm³/mol. The summed E-state index contributed by atoms with van der Waals surface area (Å²) in [5, 5.41) is 15.3. The molecule has 0 saturated heterocycles. The molecule has 5 atom stereocenters. The minimum Gasteiger partial charge on any atom is -0.478 e. The second-order valence-corrected chi connectivity index (χ2v) is 12.1. The number of aryl methyl sites for hydroxylation is 2. The molecule has 2 aromatic carbocycles. The van der Waals surface area contributed by atoms with Gasteiger partial charge in [0.2, 0.25) is 0 Å². The lowest BCUT2D eigenvalue weighted by Crippen LogP contribution is -2.53. The Hall–Kier alpha value is -2.08. The topological polar surface area (TPSA) is 67.8 Å². The van der Waals surface area contributed by atoms with Gasteiger partial charge in [0, 0.05) is 19.8 Å². The van der Waals surface area contributed by atoms with Gasteiger partial charge in [0.25, 0.3) is 0 Å². The molecule has 1 aliphatic rings. The van der Waals surface area contributed by atoms with E-state index < -0.39 is 29.7 Å². The number of esters is 1. The van der Waals surface area contributed by atoms with Crippen molar-refractivity contribution in [1.29, 1.82) is 0 Å². The zero-order valence-corrected chi connectivity index (χ0v) is 25.3. The molecule has 2 N–H and O–H groups in total. The summed E-state index contributed by atoms with van der Waals surface area (Å²) in [6.07, 6.45) is 0.438. The van der Waals surface area contributed by atoms with Gasteiger partial charge in [0.05, 0.1) is 5.60 Å². The Labute approximate surface area is 237 Å². The van der Waals surface area contributed by atoms with Crippen molar-refractivity contribution in [2.45, 2.75) is 111 Å². The van der Waals surface area contributed by atoms with Gasteiger partial charge in [0.1, 0.15) is 11.9 Å². The van der Waals surface area contributed by atoms with Crippen molar-refractivity contribution in [3.05, 3.63) is 62.7 Å². The zero-order valence-electron chi connectivity index (χ0n) is 26.6.